The van der Waals surface area contributed by atoms with Crippen LogP contribution in [0.2, 0.25) is 0 Å². The van der Waals surface area contributed by atoms with Gasteiger partial charge in [0, 0.05) is 23.9 Å². The maximum Gasteiger partial charge on any atom is 0.160 e. The summed E-state index contributed by atoms with van der Waals surface area (Å²) in [5.74, 6) is 1.04. The van der Waals surface area contributed by atoms with Crippen molar-refractivity contribution in [2.45, 2.75) is 33.6 Å². The summed E-state index contributed by atoms with van der Waals surface area (Å²) in [5, 5.41) is 8.08. The Morgan fingerprint density at radius 1 is 1.30 bits per heavy atom. The second-order valence-corrected chi connectivity index (χ2v) is 5.52. The maximum atomic E-state index is 4.68. The minimum Gasteiger partial charge on any atom is -0.370 e. The quantitative estimate of drug-likeness (QED) is 0.822. The lowest BCUT2D eigenvalue weighted by Gasteiger charge is -2.12. The molecule has 110 valence electrons. The highest BCUT2D eigenvalue weighted by Crippen LogP contribution is 2.18. The van der Waals surface area contributed by atoms with E-state index >= 15 is 0 Å². The summed E-state index contributed by atoms with van der Waals surface area (Å²) in [6, 6.07) is 2.11. The maximum absolute atomic E-state index is 4.68. The molecule has 0 saturated heterocycles. The first-order valence-electron chi connectivity index (χ1n) is 7.27. The van der Waals surface area contributed by atoms with E-state index in [1.807, 2.05) is 11.4 Å². The van der Waals surface area contributed by atoms with Crippen LogP contribution in [0.3, 0.4) is 0 Å². The zero-order valence-corrected chi connectivity index (χ0v) is 13.2. The summed E-state index contributed by atoms with van der Waals surface area (Å²) in [6.45, 7) is 8.27. The Hall–Kier alpha value is -1.62. The molecule has 0 aliphatic heterocycles. The first-order chi connectivity index (χ1) is 9.52. The molecule has 2 heterocycles. The molecule has 0 atom stereocenters. The van der Waals surface area contributed by atoms with E-state index in [1.54, 1.807) is 0 Å². The van der Waals surface area contributed by atoms with E-state index in [-0.39, 0.29) is 0 Å². The van der Waals surface area contributed by atoms with Gasteiger partial charge in [0.15, 0.2) is 5.65 Å². The van der Waals surface area contributed by atoms with Crippen LogP contribution in [-0.2, 0) is 6.42 Å². The molecule has 0 amide bonds. The fourth-order valence-electron chi connectivity index (χ4n) is 2.20. The Kier molecular flexibility index (Phi) is 4.60. The molecule has 5 heteroatoms. The van der Waals surface area contributed by atoms with Gasteiger partial charge in [0.1, 0.15) is 5.82 Å². The molecule has 5 nitrogen and oxygen atoms in total. The van der Waals surface area contributed by atoms with Crippen LogP contribution in [0.5, 0.6) is 0 Å². The van der Waals surface area contributed by atoms with Crippen LogP contribution in [0.4, 0.5) is 5.82 Å². The van der Waals surface area contributed by atoms with E-state index in [1.165, 1.54) is 0 Å². The zero-order chi connectivity index (χ0) is 14.7. The number of anilines is 1. The van der Waals surface area contributed by atoms with Crippen LogP contribution >= 0.6 is 0 Å². The van der Waals surface area contributed by atoms with Crippen molar-refractivity contribution in [3.8, 4) is 0 Å². The molecule has 0 spiro atoms. The minimum atomic E-state index is 0.937. The normalized spacial score (nSPS) is 11.5. The predicted molar refractivity (Wildman–Crippen MR) is 83.5 cm³/mol. The van der Waals surface area contributed by atoms with E-state index in [9.17, 15) is 0 Å². The molecule has 0 saturated carbocycles. The highest BCUT2D eigenvalue weighted by Gasteiger charge is 2.11. The van der Waals surface area contributed by atoms with Gasteiger partial charge in [0.2, 0.25) is 0 Å². The van der Waals surface area contributed by atoms with Crippen LogP contribution in [0.15, 0.2) is 6.07 Å². The zero-order valence-electron chi connectivity index (χ0n) is 13.2. The molecule has 20 heavy (non-hydrogen) atoms. The average Bonchev–Trinajstić information content (AvgIpc) is 2.70. The number of aryl methyl sites for hydroxylation is 3. The highest BCUT2D eigenvalue weighted by molar-refractivity contribution is 5.56. The minimum absolute atomic E-state index is 0.937. The fraction of sp³-hybridized carbons (Fsp3) is 0.600. The van der Waals surface area contributed by atoms with E-state index in [4.69, 9.17) is 0 Å². The van der Waals surface area contributed by atoms with Crippen molar-refractivity contribution in [2.75, 3.05) is 32.5 Å². The standard InChI is InChI=1S/C15H25N5/c1-6-13-10-14(16-8-7-9-19(4)5)20-15(17-13)11(2)12(3)18-20/h10,16H,6-9H2,1-5H3. The largest absolute Gasteiger partial charge is 0.370 e. The van der Waals surface area contributed by atoms with Gasteiger partial charge in [0.05, 0.1) is 5.69 Å². The third kappa shape index (κ3) is 3.10. The van der Waals surface area contributed by atoms with E-state index < -0.39 is 0 Å². The van der Waals surface area contributed by atoms with Gasteiger partial charge >= 0.3 is 0 Å². The molecular weight excluding hydrogens is 250 g/mol. The second-order valence-electron chi connectivity index (χ2n) is 5.52. The van der Waals surface area contributed by atoms with Crippen molar-refractivity contribution in [1.29, 1.82) is 0 Å². The number of rotatable bonds is 6. The van der Waals surface area contributed by atoms with Crippen LogP contribution in [0.1, 0.15) is 30.3 Å². The van der Waals surface area contributed by atoms with Crippen molar-refractivity contribution < 1.29 is 0 Å². The molecule has 2 aromatic rings. The monoisotopic (exact) mass is 275 g/mol. The SMILES string of the molecule is CCc1cc(NCCCN(C)C)n2nc(C)c(C)c2n1. The van der Waals surface area contributed by atoms with Crippen molar-refractivity contribution in [1.82, 2.24) is 19.5 Å². The Morgan fingerprint density at radius 3 is 2.70 bits per heavy atom. The third-order valence-corrected chi connectivity index (χ3v) is 3.56. The summed E-state index contributed by atoms with van der Waals surface area (Å²) in [5.41, 5.74) is 4.28. The molecule has 0 bridgehead atoms. The Bertz CT molecular complexity index is 585. The van der Waals surface area contributed by atoms with Gasteiger partial charge in [-0.3, -0.25) is 0 Å². The number of nitrogens with zero attached hydrogens (tertiary/aromatic N) is 4. The van der Waals surface area contributed by atoms with Crippen molar-refractivity contribution in [3.05, 3.63) is 23.0 Å². The Morgan fingerprint density at radius 2 is 2.05 bits per heavy atom. The Balaban J connectivity index is 2.24. The molecule has 0 unspecified atom stereocenters. The van der Waals surface area contributed by atoms with Gasteiger partial charge < -0.3 is 10.2 Å². The molecule has 0 aliphatic rings. The molecule has 2 rings (SSSR count). The van der Waals surface area contributed by atoms with Crippen LogP contribution in [-0.4, -0.2) is 46.7 Å². The Labute approximate surface area is 121 Å². The van der Waals surface area contributed by atoms with Gasteiger partial charge in [-0.1, -0.05) is 6.92 Å². The van der Waals surface area contributed by atoms with Crippen LogP contribution < -0.4 is 5.32 Å². The van der Waals surface area contributed by atoms with E-state index in [0.717, 1.165) is 54.3 Å². The molecule has 0 aliphatic carbocycles. The summed E-state index contributed by atoms with van der Waals surface area (Å²) >= 11 is 0. The highest BCUT2D eigenvalue weighted by atomic mass is 15.3. The van der Waals surface area contributed by atoms with E-state index in [2.05, 4.69) is 54.3 Å². The van der Waals surface area contributed by atoms with Crippen molar-refractivity contribution in [2.24, 2.45) is 0 Å². The molecule has 0 radical (unpaired) electrons. The van der Waals surface area contributed by atoms with Gasteiger partial charge in [-0.15, -0.1) is 0 Å². The first kappa shape index (κ1) is 14.8. The second kappa shape index (κ2) is 6.22. The topological polar surface area (TPSA) is 45.5 Å². The predicted octanol–water partition coefficient (Wildman–Crippen LogP) is 2.27. The number of nitrogens with one attached hydrogen (secondary N) is 1. The molecular formula is C15H25N5. The number of aromatic nitrogens is 3. The molecule has 2 aromatic heterocycles. The van der Waals surface area contributed by atoms with E-state index in [0.29, 0.717) is 0 Å². The van der Waals surface area contributed by atoms with Gasteiger partial charge in [-0.05, 0) is 47.3 Å². The third-order valence-electron chi connectivity index (χ3n) is 3.56. The lowest BCUT2D eigenvalue weighted by atomic mass is 10.2. The van der Waals surface area contributed by atoms with Gasteiger partial charge in [-0.2, -0.15) is 9.61 Å². The average molecular weight is 275 g/mol. The van der Waals surface area contributed by atoms with Crippen LogP contribution in [0.25, 0.3) is 5.65 Å². The summed E-state index contributed by atoms with van der Waals surface area (Å²) < 4.78 is 1.93. The van der Waals surface area contributed by atoms with Crippen LogP contribution in [0, 0.1) is 13.8 Å². The van der Waals surface area contributed by atoms with Gasteiger partial charge in [-0.25, -0.2) is 4.98 Å². The molecule has 0 fully saturated rings. The lowest BCUT2D eigenvalue weighted by Crippen LogP contribution is -2.17. The fourth-order valence-corrected chi connectivity index (χ4v) is 2.20. The van der Waals surface area contributed by atoms with Gasteiger partial charge in [0.25, 0.3) is 0 Å². The van der Waals surface area contributed by atoms with Crippen molar-refractivity contribution >= 4 is 11.5 Å². The lowest BCUT2D eigenvalue weighted by molar-refractivity contribution is 0.405. The molecule has 1 N–H and O–H groups in total. The number of hydrogen-bond donors (Lipinski definition) is 1. The summed E-state index contributed by atoms with van der Waals surface area (Å²) in [7, 11) is 4.19. The first-order valence-corrected chi connectivity index (χ1v) is 7.27. The summed E-state index contributed by atoms with van der Waals surface area (Å²) in [6.07, 6.45) is 2.05. The number of hydrogen-bond acceptors (Lipinski definition) is 4. The summed E-state index contributed by atoms with van der Waals surface area (Å²) in [4.78, 5) is 6.88. The molecule has 0 aromatic carbocycles. The smallest absolute Gasteiger partial charge is 0.160 e. The number of fused-ring (bicyclic) bond motifs is 1. The van der Waals surface area contributed by atoms with Crippen molar-refractivity contribution in [3.63, 3.8) is 0 Å².